The molecule has 0 spiro atoms. The van der Waals surface area contributed by atoms with Crippen molar-refractivity contribution in [3.63, 3.8) is 0 Å². The van der Waals surface area contributed by atoms with E-state index in [9.17, 15) is 21.6 Å². The van der Waals surface area contributed by atoms with Gasteiger partial charge in [-0.2, -0.15) is 13.2 Å². The largest absolute Gasteiger partial charge is 0.405 e. The Hall–Kier alpha value is -0.600. The highest BCUT2D eigenvalue weighted by Gasteiger charge is 2.48. The lowest BCUT2D eigenvalue weighted by Gasteiger charge is -2.20. The van der Waals surface area contributed by atoms with Gasteiger partial charge in [-0.05, 0) is 41.0 Å². The van der Waals surface area contributed by atoms with Crippen molar-refractivity contribution in [2.45, 2.75) is 22.7 Å². The van der Waals surface area contributed by atoms with Crippen LogP contribution in [0.15, 0.2) is 33.6 Å². The zero-order chi connectivity index (χ0) is 14.0. The average Bonchev–Trinajstić information content (AvgIpc) is 2.24. The van der Waals surface area contributed by atoms with E-state index in [1.807, 2.05) is 0 Å². The van der Waals surface area contributed by atoms with Crippen molar-refractivity contribution in [3.8, 4) is 0 Å². The van der Waals surface area contributed by atoms with E-state index in [4.69, 9.17) is 5.73 Å². The molecule has 8 heteroatoms. The smallest absolute Gasteiger partial charge is 0.330 e. The Morgan fingerprint density at radius 3 is 2.28 bits per heavy atom. The standard InChI is InChI=1S/C10H11BrF3NO2S/c11-7-3-1-2-4-8(7)18(16,17)9(5-6-15)10(12,13)14/h1-4,9H,5-6,15H2. The van der Waals surface area contributed by atoms with Gasteiger partial charge in [-0.1, -0.05) is 12.1 Å². The quantitative estimate of drug-likeness (QED) is 0.911. The molecule has 1 aromatic rings. The third-order valence-corrected chi connectivity index (χ3v) is 5.49. The van der Waals surface area contributed by atoms with Crippen LogP contribution in [-0.2, 0) is 9.84 Å². The number of nitrogens with two attached hydrogens (primary N) is 1. The normalized spacial score (nSPS) is 14.5. The summed E-state index contributed by atoms with van der Waals surface area (Å²) in [7, 11) is -4.50. The van der Waals surface area contributed by atoms with Crippen molar-refractivity contribution in [1.82, 2.24) is 0 Å². The zero-order valence-corrected chi connectivity index (χ0v) is 11.5. The fourth-order valence-electron chi connectivity index (χ4n) is 1.47. The van der Waals surface area contributed by atoms with Crippen LogP contribution in [0.4, 0.5) is 13.2 Å². The van der Waals surface area contributed by atoms with Crippen molar-refractivity contribution >= 4 is 25.8 Å². The third kappa shape index (κ3) is 3.24. The Morgan fingerprint density at radius 2 is 1.83 bits per heavy atom. The molecule has 18 heavy (non-hydrogen) atoms. The van der Waals surface area contributed by atoms with Crippen molar-refractivity contribution < 1.29 is 21.6 Å². The lowest BCUT2D eigenvalue weighted by molar-refractivity contribution is -0.131. The predicted octanol–water partition coefficient (Wildman–Crippen LogP) is 2.50. The van der Waals surface area contributed by atoms with Gasteiger partial charge in [0.1, 0.15) is 0 Å². The summed E-state index contributed by atoms with van der Waals surface area (Å²) < 4.78 is 62.4. The van der Waals surface area contributed by atoms with Gasteiger partial charge < -0.3 is 5.73 Å². The van der Waals surface area contributed by atoms with E-state index in [0.29, 0.717) is 0 Å². The molecule has 0 saturated heterocycles. The monoisotopic (exact) mass is 345 g/mol. The van der Waals surface area contributed by atoms with Gasteiger partial charge in [0.05, 0.1) is 4.90 Å². The molecule has 1 aromatic carbocycles. The second-order valence-corrected chi connectivity index (χ2v) is 6.54. The van der Waals surface area contributed by atoms with Gasteiger partial charge in [-0.15, -0.1) is 0 Å². The molecule has 0 aliphatic heterocycles. The Morgan fingerprint density at radius 1 is 1.28 bits per heavy atom. The van der Waals surface area contributed by atoms with Gasteiger partial charge in [0.15, 0.2) is 15.1 Å². The van der Waals surface area contributed by atoms with E-state index >= 15 is 0 Å². The predicted molar refractivity (Wildman–Crippen MR) is 64.8 cm³/mol. The number of halogens is 4. The van der Waals surface area contributed by atoms with Gasteiger partial charge in [-0.25, -0.2) is 8.42 Å². The topological polar surface area (TPSA) is 60.2 Å². The maximum absolute atomic E-state index is 12.8. The summed E-state index contributed by atoms with van der Waals surface area (Å²) >= 11 is 2.94. The van der Waals surface area contributed by atoms with Gasteiger partial charge in [0, 0.05) is 4.47 Å². The van der Waals surface area contributed by atoms with E-state index in [-0.39, 0.29) is 15.9 Å². The molecule has 1 unspecified atom stereocenters. The average molecular weight is 346 g/mol. The molecular formula is C10H11BrF3NO2S. The van der Waals surface area contributed by atoms with Gasteiger partial charge in [0.2, 0.25) is 0 Å². The molecule has 0 radical (unpaired) electrons. The maximum Gasteiger partial charge on any atom is 0.405 e. The summed E-state index contributed by atoms with van der Waals surface area (Å²) in [6.45, 7) is -0.353. The van der Waals surface area contributed by atoms with Crippen molar-refractivity contribution in [3.05, 3.63) is 28.7 Å². The molecule has 0 aliphatic rings. The van der Waals surface area contributed by atoms with E-state index < -0.39 is 27.7 Å². The highest BCUT2D eigenvalue weighted by atomic mass is 79.9. The molecule has 0 heterocycles. The summed E-state index contributed by atoms with van der Waals surface area (Å²) in [5, 5.41) is -2.48. The number of hydrogen-bond acceptors (Lipinski definition) is 3. The molecule has 2 N–H and O–H groups in total. The first-order valence-corrected chi connectivity index (χ1v) is 7.30. The first-order valence-electron chi connectivity index (χ1n) is 4.96. The Labute approximate surface area is 111 Å². The Bertz CT molecular complexity index is 516. The van der Waals surface area contributed by atoms with Crippen molar-refractivity contribution in [2.24, 2.45) is 5.73 Å². The molecular weight excluding hydrogens is 335 g/mol. The zero-order valence-electron chi connectivity index (χ0n) is 9.11. The second-order valence-electron chi connectivity index (χ2n) is 3.58. The molecule has 0 aliphatic carbocycles. The van der Waals surface area contributed by atoms with E-state index in [0.717, 1.165) is 6.07 Å². The molecule has 0 amide bonds. The molecule has 102 valence electrons. The van der Waals surface area contributed by atoms with Crippen molar-refractivity contribution in [2.75, 3.05) is 6.54 Å². The summed E-state index contributed by atoms with van der Waals surface area (Å²) in [6.07, 6.45) is -5.50. The molecule has 1 rings (SSSR count). The number of alkyl halides is 3. The van der Waals surface area contributed by atoms with Crippen molar-refractivity contribution in [1.29, 1.82) is 0 Å². The van der Waals surface area contributed by atoms with Crippen LogP contribution >= 0.6 is 15.9 Å². The minimum Gasteiger partial charge on any atom is -0.330 e. The first kappa shape index (κ1) is 15.5. The number of rotatable bonds is 4. The summed E-state index contributed by atoms with van der Waals surface area (Å²) in [5.41, 5.74) is 5.06. The second kappa shape index (κ2) is 5.58. The molecule has 1 atom stereocenters. The lowest BCUT2D eigenvalue weighted by atomic mass is 10.3. The van der Waals surface area contributed by atoms with Crippen LogP contribution in [-0.4, -0.2) is 26.4 Å². The van der Waals surface area contributed by atoms with Crippen LogP contribution in [0, 0.1) is 0 Å². The highest BCUT2D eigenvalue weighted by Crippen LogP contribution is 2.34. The SMILES string of the molecule is NCCC(C(F)(F)F)S(=O)(=O)c1ccccc1Br. The first-order chi connectivity index (χ1) is 8.21. The molecule has 0 saturated carbocycles. The molecule has 3 nitrogen and oxygen atoms in total. The lowest BCUT2D eigenvalue weighted by Crippen LogP contribution is -2.38. The fourth-order valence-corrected chi connectivity index (χ4v) is 4.15. The molecule has 0 aromatic heterocycles. The Balaban J connectivity index is 3.31. The fraction of sp³-hybridized carbons (Fsp3) is 0.400. The van der Waals surface area contributed by atoms with E-state index in [2.05, 4.69) is 15.9 Å². The van der Waals surface area contributed by atoms with Gasteiger partial charge in [-0.3, -0.25) is 0 Å². The van der Waals surface area contributed by atoms with Crippen LogP contribution < -0.4 is 5.73 Å². The maximum atomic E-state index is 12.8. The van der Waals surface area contributed by atoms with Gasteiger partial charge in [0.25, 0.3) is 0 Å². The van der Waals surface area contributed by atoms with E-state index in [1.165, 1.54) is 18.2 Å². The van der Waals surface area contributed by atoms with Crippen LogP contribution in [0.5, 0.6) is 0 Å². The minimum atomic E-state index is -4.84. The van der Waals surface area contributed by atoms with Crippen LogP contribution in [0.1, 0.15) is 6.42 Å². The van der Waals surface area contributed by atoms with Gasteiger partial charge >= 0.3 is 6.18 Å². The number of sulfone groups is 1. The van der Waals surface area contributed by atoms with Crippen LogP contribution in [0.25, 0.3) is 0 Å². The highest BCUT2D eigenvalue weighted by molar-refractivity contribution is 9.10. The third-order valence-electron chi connectivity index (χ3n) is 2.31. The Kier molecular flexibility index (Phi) is 4.79. The molecule has 0 fully saturated rings. The summed E-state index contributed by atoms with van der Waals surface area (Å²) in [6, 6.07) is 5.40. The van der Waals surface area contributed by atoms with E-state index in [1.54, 1.807) is 0 Å². The molecule has 0 bridgehead atoms. The minimum absolute atomic E-state index is 0.108. The summed E-state index contributed by atoms with van der Waals surface area (Å²) in [5.74, 6) is 0. The summed E-state index contributed by atoms with van der Waals surface area (Å²) in [4.78, 5) is -0.374. The number of hydrogen-bond donors (Lipinski definition) is 1. The van der Waals surface area contributed by atoms with Crippen LogP contribution in [0.2, 0.25) is 0 Å². The van der Waals surface area contributed by atoms with Crippen LogP contribution in [0.3, 0.4) is 0 Å². The number of benzene rings is 1.